The van der Waals surface area contributed by atoms with Crippen LogP contribution in [-0.2, 0) is 13.1 Å². The molecule has 33 heavy (non-hydrogen) atoms. The Labute approximate surface area is 202 Å². The van der Waals surface area contributed by atoms with Crippen LogP contribution in [0, 0.1) is 0 Å². The highest BCUT2D eigenvalue weighted by atomic mass is 15.4. The first-order chi connectivity index (χ1) is 16.2. The molecule has 178 valence electrons. The van der Waals surface area contributed by atoms with Gasteiger partial charge in [0.2, 0.25) is 0 Å². The number of hydrogen-bond donors (Lipinski definition) is 1. The van der Waals surface area contributed by atoms with E-state index in [0.29, 0.717) is 12.1 Å². The molecule has 2 aliphatic rings. The molecule has 2 saturated carbocycles. The Kier molecular flexibility index (Phi) is 9.20. The minimum atomic E-state index is 0.454. The van der Waals surface area contributed by atoms with Crippen molar-refractivity contribution in [1.29, 1.82) is 0 Å². The van der Waals surface area contributed by atoms with Crippen molar-refractivity contribution in [3.63, 3.8) is 0 Å². The summed E-state index contributed by atoms with van der Waals surface area (Å²) in [5.41, 5.74) is 2.95. The van der Waals surface area contributed by atoms with Crippen LogP contribution in [0.25, 0.3) is 0 Å². The molecule has 2 heteroatoms. The zero-order chi connectivity index (χ0) is 22.8. The molecule has 2 nitrogen and oxygen atoms in total. The first-order valence-corrected chi connectivity index (χ1v) is 13.6. The smallest absolute Gasteiger partial charge is 0.105 e. The molecule has 0 aromatic heterocycles. The Morgan fingerprint density at radius 1 is 0.758 bits per heavy atom. The van der Waals surface area contributed by atoms with Crippen LogP contribution >= 0.6 is 0 Å². The Morgan fingerprint density at radius 3 is 1.82 bits per heavy atom. The molecule has 4 rings (SSSR count). The number of nitrogens with one attached hydrogen (secondary N) is 1. The van der Waals surface area contributed by atoms with Crippen molar-refractivity contribution < 1.29 is 4.48 Å². The molecule has 0 radical (unpaired) electrons. The van der Waals surface area contributed by atoms with Gasteiger partial charge in [-0.2, -0.15) is 0 Å². The van der Waals surface area contributed by atoms with Gasteiger partial charge in [-0.25, -0.2) is 0 Å². The first-order valence-electron chi connectivity index (χ1n) is 13.6. The molecule has 0 aliphatic heterocycles. The van der Waals surface area contributed by atoms with Crippen LogP contribution in [0.5, 0.6) is 0 Å². The fourth-order valence-electron chi connectivity index (χ4n) is 6.29. The molecule has 0 amide bonds. The highest BCUT2D eigenvalue weighted by molar-refractivity contribution is 5.16. The molecule has 1 N–H and O–H groups in total. The van der Waals surface area contributed by atoms with Crippen molar-refractivity contribution in [1.82, 2.24) is 5.32 Å². The number of hydrogen-bond acceptors (Lipinski definition) is 1. The number of nitrogens with zero attached hydrogens (tertiary/aromatic N) is 1. The molecule has 0 spiro atoms. The Balaban J connectivity index is 1.55. The first kappa shape index (κ1) is 24.2. The van der Waals surface area contributed by atoms with Gasteiger partial charge in [-0.1, -0.05) is 92.4 Å². The van der Waals surface area contributed by atoms with E-state index in [0.717, 1.165) is 30.2 Å². The lowest BCUT2D eigenvalue weighted by Crippen LogP contribution is -2.55. The summed E-state index contributed by atoms with van der Waals surface area (Å²) in [5.74, 6) is 0. The van der Waals surface area contributed by atoms with Gasteiger partial charge in [-0.3, -0.25) is 0 Å². The molecule has 0 saturated heterocycles. The van der Waals surface area contributed by atoms with Crippen molar-refractivity contribution in [3.05, 3.63) is 83.9 Å². The second kappa shape index (κ2) is 12.5. The Bertz CT molecular complexity index is 775. The molecule has 0 bridgehead atoms. The summed E-state index contributed by atoms with van der Waals surface area (Å²) in [7, 11) is 0. The maximum atomic E-state index is 3.89. The van der Waals surface area contributed by atoms with Crippen LogP contribution in [0.1, 0.15) is 82.3 Å². The summed E-state index contributed by atoms with van der Waals surface area (Å²) in [6, 6.07) is 24.4. The second-order valence-electron chi connectivity index (χ2n) is 10.7. The average Bonchev–Trinajstić information content (AvgIpc) is 2.86. The molecule has 1 atom stereocenters. The Morgan fingerprint density at radius 2 is 1.27 bits per heavy atom. The van der Waals surface area contributed by atoms with E-state index in [1.165, 1.54) is 75.3 Å². The lowest BCUT2D eigenvalue weighted by molar-refractivity contribution is -0.972. The van der Waals surface area contributed by atoms with Crippen molar-refractivity contribution >= 4 is 0 Å². The lowest BCUT2D eigenvalue weighted by atomic mass is 9.90. The van der Waals surface area contributed by atoms with Gasteiger partial charge in [0.05, 0.1) is 12.6 Å². The van der Waals surface area contributed by atoms with Crippen LogP contribution in [-0.4, -0.2) is 29.2 Å². The van der Waals surface area contributed by atoms with Crippen molar-refractivity contribution in [2.75, 3.05) is 6.54 Å². The normalized spacial score (nSPS) is 19.7. The molecule has 1 unspecified atom stereocenters. The van der Waals surface area contributed by atoms with E-state index in [9.17, 15) is 0 Å². The summed E-state index contributed by atoms with van der Waals surface area (Å²) in [5, 5.41) is 3.89. The van der Waals surface area contributed by atoms with Crippen molar-refractivity contribution in [2.24, 2.45) is 0 Å². The van der Waals surface area contributed by atoms with Gasteiger partial charge in [0.1, 0.15) is 13.1 Å². The van der Waals surface area contributed by atoms with Crippen LogP contribution in [0.15, 0.2) is 72.8 Å². The third-order valence-corrected chi connectivity index (χ3v) is 8.03. The zero-order valence-electron chi connectivity index (χ0n) is 20.8. The topological polar surface area (TPSA) is 12.0 Å². The highest BCUT2D eigenvalue weighted by Crippen LogP contribution is 2.33. The third kappa shape index (κ3) is 7.29. The van der Waals surface area contributed by atoms with Gasteiger partial charge in [0.25, 0.3) is 0 Å². The third-order valence-electron chi connectivity index (χ3n) is 8.03. The SMILES string of the molecule is CC(C=CC[N+](Cc1ccccc1)(Cc1ccccc1)C1CCCCC1)NC1CCCCC1. The van der Waals surface area contributed by atoms with Gasteiger partial charge in [-0.05, 0) is 51.5 Å². The highest BCUT2D eigenvalue weighted by Gasteiger charge is 2.37. The molecule has 2 aromatic carbocycles. The largest absolute Gasteiger partial charge is 0.310 e. The predicted octanol–water partition coefficient (Wildman–Crippen LogP) is 7.40. The molecule has 0 heterocycles. The van der Waals surface area contributed by atoms with Crippen LogP contribution < -0.4 is 5.32 Å². The number of rotatable bonds is 10. The fourth-order valence-corrected chi connectivity index (χ4v) is 6.29. The molecule has 2 aliphatic carbocycles. The fraction of sp³-hybridized carbons (Fsp3) is 0.548. The van der Waals surface area contributed by atoms with Gasteiger partial charge >= 0.3 is 0 Å². The van der Waals surface area contributed by atoms with E-state index in [2.05, 4.69) is 85.1 Å². The van der Waals surface area contributed by atoms with Gasteiger partial charge in [0, 0.05) is 23.2 Å². The van der Waals surface area contributed by atoms with E-state index in [1.54, 1.807) is 0 Å². The van der Waals surface area contributed by atoms with Crippen molar-refractivity contribution in [2.45, 2.75) is 102 Å². The van der Waals surface area contributed by atoms with Crippen LogP contribution in [0.4, 0.5) is 0 Å². The molecular weight excluding hydrogens is 400 g/mol. The van der Waals surface area contributed by atoms with Crippen LogP contribution in [0.2, 0.25) is 0 Å². The van der Waals surface area contributed by atoms with E-state index < -0.39 is 0 Å². The van der Waals surface area contributed by atoms with E-state index in [4.69, 9.17) is 0 Å². The maximum absolute atomic E-state index is 3.89. The van der Waals surface area contributed by atoms with Gasteiger partial charge < -0.3 is 9.80 Å². The van der Waals surface area contributed by atoms with E-state index >= 15 is 0 Å². The van der Waals surface area contributed by atoms with Crippen LogP contribution in [0.3, 0.4) is 0 Å². The minimum Gasteiger partial charge on any atom is -0.310 e. The molecular formula is C31H45N2+. The zero-order valence-corrected chi connectivity index (χ0v) is 20.8. The van der Waals surface area contributed by atoms with E-state index in [-0.39, 0.29) is 0 Å². The lowest BCUT2D eigenvalue weighted by Gasteiger charge is -2.46. The molecule has 2 fully saturated rings. The number of benzene rings is 2. The summed E-state index contributed by atoms with van der Waals surface area (Å²) in [6.07, 6.45) is 18.8. The summed E-state index contributed by atoms with van der Waals surface area (Å²) in [6.45, 7) is 5.70. The summed E-state index contributed by atoms with van der Waals surface area (Å²) in [4.78, 5) is 0. The van der Waals surface area contributed by atoms with Gasteiger partial charge in [-0.15, -0.1) is 0 Å². The van der Waals surface area contributed by atoms with Gasteiger partial charge in [0.15, 0.2) is 0 Å². The van der Waals surface area contributed by atoms with E-state index in [1.807, 2.05) is 0 Å². The monoisotopic (exact) mass is 445 g/mol. The second-order valence-corrected chi connectivity index (χ2v) is 10.7. The summed E-state index contributed by atoms with van der Waals surface area (Å²) < 4.78 is 1.15. The molecule has 2 aromatic rings. The minimum absolute atomic E-state index is 0.454. The van der Waals surface area contributed by atoms with Crippen molar-refractivity contribution in [3.8, 4) is 0 Å². The standard InChI is InChI=1S/C31H45N2/c1-27(32-30-20-10-4-11-21-30)15-14-24-33(31-22-12-5-13-23-31,25-28-16-6-2-7-17-28)26-29-18-8-3-9-19-29/h2-3,6-9,14-19,27,30-32H,4-5,10-13,20-26H2,1H3/q+1. The maximum Gasteiger partial charge on any atom is 0.105 e. The average molecular weight is 446 g/mol. The number of quaternary nitrogens is 1. The Hall–Kier alpha value is -1.90. The quantitative estimate of drug-likeness (QED) is 0.297. The summed E-state index contributed by atoms with van der Waals surface area (Å²) >= 11 is 0. The predicted molar refractivity (Wildman–Crippen MR) is 141 cm³/mol.